The number of aromatic nitrogens is 2. The normalized spacial score (nSPS) is 10.0. The Morgan fingerprint density at radius 1 is 1.36 bits per heavy atom. The minimum Gasteiger partial charge on any atom is -0.443 e. The maximum Gasteiger partial charge on any atom is 0.287 e. The number of pyridine rings is 1. The third-order valence-corrected chi connectivity index (χ3v) is 1.61. The highest BCUT2D eigenvalue weighted by Crippen LogP contribution is 2.16. The van der Waals surface area contributed by atoms with Gasteiger partial charge in [-0.2, -0.15) is 0 Å². The Bertz CT molecular complexity index is 435. The van der Waals surface area contributed by atoms with Gasteiger partial charge in [-0.15, -0.1) is 0 Å². The predicted molar refractivity (Wildman–Crippen MR) is 46.4 cm³/mol. The number of nitrogens with zero attached hydrogens (tertiary/aromatic N) is 3. The molecule has 2 aromatic rings. The lowest BCUT2D eigenvalue weighted by Gasteiger charge is -1.93. The number of hydrogen-bond donors (Lipinski definition) is 0. The van der Waals surface area contributed by atoms with Crippen molar-refractivity contribution in [3.63, 3.8) is 0 Å². The van der Waals surface area contributed by atoms with Crippen LogP contribution >= 0.6 is 0 Å². The second-order valence-corrected chi connectivity index (χ2v) is 2.50. The van der Waals surface area contributed by atoms with Gasteiger partial charge in [0.05, 0.1) is 11.1 Å². The van der Waals surface area contributed by atoms with Gasteiger partial charge in [-0.3, -0.25) is 10.1 Å². The van der Waals surface area contributed by atoms with Crippen molar-refractivity contribution in [2.75, 3.05) is 0 Å². The molecule has 70 valence electrons. The van der Waals surface area contributed by atoms with Crippen LogP contribution < -0.4 is 0 Å². The van der Waals surface area contributed by atoms with Crippen LogP contribution in [0.2, 0.25) is 0 Å². The van der Waals surface area contributed by atoms with Crippen LogP contribution in [0.1, 0.15) is 0 Å². The van der Waals surface area contributed by atoms with Gasteiger partial charge in [-0.05, 0) is 6.07 Å². The summed E-state index contributed by atoms with van der Waals surface area (Å²) in [4.78, 5) is 17.5. The molecular formula is C8H5N3O3. The van der Waals surface area contributed by atoms with Gasteiger partial charge in [-0.25, -0.2) is 9.97 Å². The van der Waals surface area contributed by atoms with E-state index in [1.54, 1.807) is 0 Å². The zero-order chi connectivity index (χ0) is 9.97. The molecule has 6 heteroatoms. The summed E-state index contributed by atoms with van der Waals surface area (Å²) in [7, 11) is 0. The maximum absolute atomic E-state index is 10.3. The first-order valence-corrected chi connectivity index (χ1v) is 3.77. The van der Waals surface area contributed by atoms with Gasteiger partial charge in [0.15, 0.2) is 0 Å². The smallest absolute Gasteiger partial charge is 0.287 e. The molecular weight excluding hydrogens is 186 g/mol. The molecule has 2 heterocycles. The summed E-state index contributed by atoms with van der Waals surface area (Å²) in [6.45, 7) is 0. The standard InChI is InChI=1S/C8H5N3O3/c12-11(13)6-1-2-7(10-5-6)8-9-3-4-14-8/h1-5H. The van der Waals surface area contributed by atoms with Crippen molar-refractivity contribution in [2.45, 2.75) is 0 Å². The van der Waals surface area contributed by atoms with E-state index in [4.69, 9.17) is 4.42 Å². The van der Waals surface area contributed by atoms with Crippen LogP contribution in [0.15, 0.2) is 35.2 Å². The van der Waals surface area contributed by atoms with E-state index < -0.39 is 4.92 Å². The van der Waals surface area contributed by atoms with Crippen LogP contribution in [0.25, 0.3) is 11.6 Å². The average molecular weight is 191 g/mol. The average Bonchev–Trinajstić information content (AvgIpc) is 2.71. The van der Waals surface area contributed by atoms with Gasteiger partial charge in [0, 0.05) is 6.07 Å². The fraction of sp³-hybridized carbons (Fsp3) is 0. The molecule has 2 aromatic heterocycles. The van der Waals surface area contributed by atoms with Crippen LogP contribution in [0.5, 0.6) is 0 Å². The van der Waals surface area contributed by atoms with Gasteiger partial charge in [0.2, 0.25) is 5.89 Å². The summed E-state index contributed by atoms with van der Waals surface area (Å²) < 4.78 is 4.98. The Balaban J connectivity index is 2.36. The topological polar surface area (TPSA) is 82.1 Å². The lowest BCUT2D eigenvalue weighted by molar-refractivity contribution is -0.385. The molecule has 0 saturated heterocycles. The van der Waals surface area contributed by atoms with Crippen LogP contribution in [0.3, 0.4) is 0 Å². The molecule has 2 rings (SSSR count). The summed E-state index contributed by atoms with van der Waals surface area (Å²) >= 11 is 0. The number of rotatable bonds is 2. The monoisotopic (exact) mass is 191 g/mol. The molecule has 0 radical (unpaired) electrons. The molecule has 0 aliphatic carbocycles. The molecule has 0 unspecified atom stereocenters. The molecule has 0 aliphatic rings. The fourth-order valence-corrected chi connectivity index (χ4v) is 0.971. The van der Waals surface area contributed by atoms with Crippen LogP contribution in [0.4, 0.5) is 5.69 Å². The SMILES string of the molecule is O=[N+]([O-])c1ccc(-c2ncco2)nc1. The van der Waals surface area contributed by atoms with E-state index in [0.717, 1.165) is 0 Å². The van der Waals surface area contributed by atoms with Gasteiger partial charge in [0.1, 0.15) is 18.2 Å². The fourth-order valence-electron chi connectivity index (χ4n) is 0.971. The van der Waals surface area contributed by atoms with Crippen LogP contribution in [-0.2, 0) is 0 Å². The number of nitro groups is 1. The van der Waals surface area contributed by atoms with Crippen molar-refractivity contribution in [3.8, 4) is 11.6 Å². The first-order chi connectivity index (χ1) is 6.77. The molecule has 0 amide bonds. The zero-order valence-electron chi connectivity index (χ0n) is 6.95. The lowest BCUT2D eigenvalue weighted by atomic mass is 10.3. The Kier molecular flexibility index (Phi) is 1.94. The molecule has 14 heavy (non-hydrogen) atoms. The van der Waals surface area contributed by atoms with Crippen molar-refractivity contribution < 1.29 is 9.34 Å². The number of oxazole rings is 1. The molecule has 0 aromatic carbocycles. The third-order valence-electron chi connectivity index (χ3n) is 1.61. The molecule has 0 fully saturated rings. The quantitative estimate of drug-likeness (QED) is 0.532. The van der Waals surface area contributed by atoms with Crippen molar-refractivity contribution in [1.82, 2.24) is 9.97 Å². The Labute approximate surface area is 78.4 Å². The van der Waals surface area contributed by atoms with E-state index in [-0.39, 0.29) is 5.69 Å². The predicted octanol–water partition coefficient (Wildman–Crippen LogP) is 1.64. The first kappa shape index (κ1) is 8.36. The van der Waals surface area contributed by atoms with Crippen molar-refractivity contribution in [1.29, 1.82) is 0 Å². The molecule has 6 nitrogen and oxygen atoms in total. The van der Waals surface area contributed by atoms with E-state index in [0.29, 0.717) is 11.6 Å². The van der Waals surface area contributed by atoms with Crippen molar-refractivity contribution >= 4 is 5.69 Å². The van der Waals surface area contributed by atoms with Crippen molar-refractivity contribution in [2.24, 2.45) is 0 Å². The Morgan fingerprint density at radius 3 is 2.71 bits per heavy atom. The molecule has 0 spiro atoms. The van der Waals surface area contributed by atoms with E-state index in [1.165, 1.54) is 30.8 Å². The van der Waals surface area contributed by atoms with Crippen LogP contribution in [-0.4, -0.2) is 14.9 Å². The van der Waals surface area contributed by atoms with Crippen molar-refractivity contribution in [3.05, 3.63) is 40.9 Å². The minimum absolute atomic E-state index is 0.0553. The highest BCUT2D eigenvalue weighted by atomic mass is 16.6. The second-order valence-electron chi connectivity index (χ2n) is 2.50. The molecule has 0 bridgehead atoms. The molecule has 0 saturated carbocycles. The van der Waals surface area contributed by atoms with Crippen LogP contribution in [0, 0.1) is 10.1 Å². The highest BCUT2D eigenvalue weighted by molar-refractivity contribution is 5.48. The Morgan fingerprint density at radius 2 is 2.21 bits per heavy atom. The summed E-state index contributed by atoms with van der Waals surface area (Å²) in [5.41, 5.74) is 0.418. The number of hydrogen-bond acceptors (Lipinski definition) is 5. The third kappa shape index (κ3) is 1.45. The van der Waals surface area contributed by atoms with Gasteiger partial charge < -0.3 is 4.42 Å². The van der Waals surface area contributed by atoms with Gasteiger partial charge in [-0.1, -0.05) is 0 Å². The highest BCUT2D eigenvalue weighted by Gasteiger charge is 2.08. The lowest BCUT2D eigenvalue weighted by Crippen LogP contribution is -1.89. The van der Waals surface area contributed by atoms with E-state index in [1.807, 2.05) is 0 Å². The molecule has 0 atom stereocenters. The van der Waals surface area contributed by atoms with E-state index >= 15 is 0 Å². The van der Waals surface area contributed by atoms with E-state index in [9.17, 15) is 10.1 Å². The van der Waals surface area contributed by atoms with E-state index in [2.05, 4.69) is 9.97 Å². The summed E-state index contributed by atoms with van der Waals surface area (Å²) in [6.07, 6.45) is 4.07. The Hall–Kier alpha value is -2.24. The first-order valence-electron chi connectivity index (χ1n) is 3.77. The minimum atomic E-state index is -0.508. The summed E-state index contributed by atoms with van der Waals surface area (Å²) in [6, 6.07) is 2.84. The summed E-state index contributed by atoms with van der Waals surface area (Å²) in [5, 5.41) is 10.3. The largest absolute Gasteiger partial charge is 0.443 e. The molecule has 0 aliphatic heterocycles. The van der Waals surface area contributed by atoms with Gasteiger partial charge >= 0.3 is 0 Å². The maximum atomic E-state index is 10.3. The second kappa shape index (κ2) is 3.25. The summed E-state index contributed by atoms with van der Waals surface area (Å²) in [5.74, 6) is 0.347. The van der Waals surface area contributed by atoms with Gasteiger partial charge in [0.25, 0.3) is 5.69 Å². The molecule has 0 N–H and O–H groups in total. The zero-order valence-corrected chi connectivity index (χ0v) is 6.95.